The van der Waals surface area contributed by atoms with Crippen molar-refractivity contribution < 1.29 is 14.6 Å². The highest BCUT2D eigenvalue weighted by molar-refractivity contribution is 5.85. The van der Waals surface area contributed by atoms with Gasteiger partial charge >= 0.3 is 0 Å². The van der Waals surface area contributed by atoms with Gasteiger partial charge in [-0.2, -0.15) is 0 Å². The lowest BCUT2D eigenvalue weighted by molar-refractivity contribution is -0.126. The summed E-state index contributed by atoms with van der Waals surface area (Å²) < 4.78 is 5.06. The maximum Gasteiger partial charge on any atom is 0.239 e. The second-order valence-electron chi connectivity index (χ2n) is 3.82. The maximum absolute atomic E-state index is 11.5. The number of carbonyl (C=O) groups is 1. The molecular weight excluding hydrogens is 196 g/mol. The molecule has 0 heterocycles. The molecule has 0 aliphatic heterocycles. The summed E-state index contributed by atoms with van der Waals surface area (Å²) in [5.41, 5.74) is -0.536. The summed E-state index contributed by atoms with van der Waals surface area (Å²) in [6.07, 6.45) is 0.755. The van der Waals surface area contributed by atoms with Crippen LogP contribution in [0.15, 0.2) is 0 Å². The molecule has 0 aliphatic rings. The van der Waals surface area contributed by atoms with Gasteiger partial charge < -0.3 is 20.5 Å². The van der Waals surface area contributed by atoms with Crippen molar-refractivity contribution in [1.29, 1.82) is 0 Å². The van der Waals surface area contributed by atoms with Crippen LogP contribution < -0.4 is 10.6 Å². The van der Waals surface area contributed by atoms with Crippen LogP contribution in [0.5, 0.6) is 0 Å². The zero-order valence-electron chi connectivity index (χ0n) is 9.80. The fourth-order valence-corrected chi connectivity index (χ4v) is 0.877. The third-order valence-electron chi connectivity index (χ3n) is 2.18. The smallest absolute Gasteiger partial charge is 0.239 e. The lowest BCUT2D eigenvalue weighted by Crippen LogP contribution is -2.51. The Kier molecular flexibility index (Phi) is 7.29. The van der Waals surface area contributed by atoms with Gasteiger partial charge in [0.1, 0.15) is 0 Å². The molecule has 90 valence electrons. The molecule has 0 aliphatic carbocycles. The quantitative estimate of drug-likeness (QED) is 0.480. The zero-order valence-corrected chi connectivity index (χ0v) is 9.80. The number of aliphatic hydroxyl groups is 1. The van der Waals surface area contributed by atoms with Crippen LogP contribution in [0.4, 0.5) is 0 Å². The highest BCUT2D eigenvalue weighted by Gasteiger charge is 2.24. The van der Waals surface area contributed by atoms with E-state index in [-0.39, 0.29) is 12.5 Å². The SMILES string of the molecule is CNC(C)(C)C(=O)NCCCOCCO. The fraction of sp³-hybridized carbons (Fsp3) is 0.900. The fourth-order valence-electron chi connectivity index (χ4n) is 0.877. The van der Waals surface area contributed by atoms with Crippen molar-refractivity contribution in [2.45, 2.75) is 25.8 Å². The van der Waals surface area contributed by atoms with Crippen LogP contribution in [0.25, 0.3) is 0 Å². The van der Waals surface area contributed by atoms with E-state index in [4.69, 9.17) is 9.84 Å². The molecule has 0 aromatic heterocycles. The maximum atomic E-state index is 11.5. The minimum atomic E-state index is -0.536. The predicted molar refractivity (Wildman–Crippen MR) is 58.7 cm³/mol. The average Bonchev–Trinajstić information content (AvgIpc) is 2.22. The van der Waals surface area contributed by atoms with Gasteiger partial charge in [-0.1, -0.05) is 0 Å². The summed E-state index contributed by atoms with van der Waals surface area (Å²) in [6.45, 7) is 5.19. The monoisotopic (exact) mass is 218 g/mol. The van der Waals surface area contributed by atoms with E-state index in [0.717, 1.165) is 6.42 Å². The number of amides is 1. The van der Waals surface area contributed by atoms with Gasteiger partial charge in [0.25, 0.3) is 0 Å². The van der Waals surface area contributed by atoms with Crippen molar-refractivity contribution in [2.24, 2.45) is 0 Å². The summed E-state index contributed by atoms with van der Waals surface area (Å²) >= 11 is 0. The molecule has 1 amide bonds. The topological polar surface area (TPSA) is 70.6 Å². The number of likely N-dealkylation sites (N-methyl/N-ethyl adjacent to an activating group) is 1. The van der Waals surface area contributed by atoms with Crippen LogP contribution in [0.2, 0.25) is 0 Å². The van der Waals surface area contributed by atoms with Crippen LogP contribution in [0.3, 0.4) is 0 Å². The van der Waals surface area contributed by atoms with Gasteiger partial charge in [-0.3, -0.25) is 4.79 Å². The molecular formula is C10H22N2O3. The van der Waals surface area contributed by atoms with Crippen LogP contribution in [-0.4, -0.2) is 50.0 Å². The Bertz CT molecular complexity index is 184. The van der Waals surface area contributed by atoms with Crippen molar-refractivity contribution in [3.8, 4) is 0 Å². The largest absolute Gasteiger partial charge is 0.394 e. The van der Waals surface area contributed by atoms with E-state index in [0.29, 0.717) is 19.8 Å². The first-order valence-electron chi connectivity index (χ1n) is 5.20. The Balaban J connectivity index is 3.47. The summed E-state index contributed by atoms with van der Waals surface area (Å²) in [5.74, 6) is -0.0211. The van der Waals surface area contributed by atoms with Gasteiger partial charge in [-0.25, -0.2) is 0 Å². The molecule has 0 rings (SSSR count). The Hall–Kier alpha value is -0.650. The normalized spacial score (nSPS) is 11.5. The van der Waals surface area contributed by atoms with Crippen LogP contribution >= 0.6 is 0 Å². The van der Waals surface area contributed by atoms with E-state index in [9.17, 15) is 4.79 Å². The number of nitrogens with one attached hydrogen (secondary N) is 2. The van der Waals surface area contributed by atoms with Crippen molar-refractivity contribution in [3.05, 3.63) is 0 Å². The van der Waals surface area contributed by atoms with Gasteiger partial charge in [-0.05, 0) is 27.3 Å². The van der Waals surface area contributed by atoms with E-state index in [1.54, 1.807) is 7.05 Å². The average molecular weight is 218 g/mol. The van der Waals surface area contributed by atoms with Crippen molar-refractivity contribution in [3.63, 3.8) is 0 Å². The Morgan fingerprint density at radius 1 is 1.40 bits per heavy atom. The molecule has 0 fully saturated rings. The van der Waals surface area contributed by atoms with Gasteiger partial charge in [0, 0.05) is 13.2 Å². The van der Waals surface area contributed by atoms with Crippen molar-refractivity contribution in [2.75, 3.05) is 33.4 Å². The second-order valence-corrected chi connectivity index (χ2v) is 3.82. The predicted octanol–water partition coefficient (Wildman–Crippen LogP) is -0.500. The standard InChI is InChI=1S/C10H22N2O3/c1-10(2,11-3)9(14)12-5-4-7-15-8-6-13/h11,13H,4-8H2,1-3H3,(H,12,14). The van der Waals surface area contributed by atoms with Gasteiger partial charge in [-0.15, -0.1) is 0 Å². The van der Waals surface area contributed by atoms with Crippen molar-refractivity contribution >= 4 is 5.91 Å². The van der Waals surface area contributed by atoms with E-state index < -0.39 is 5.54 Å². The Morgan fingerprint density at radius 3 is 2.60 bits per heavy atom. The summed E-state index contributed by atoms with van der Waals surface area (Å²) in [7, 11) is 1.75. The van der Waals surface area contributed by atoms with Crippen LogP contribution in [-0.2, 0) is 9.53 Å². The first-order valence-corrected chi connectivity index (χ1v) is 5.20. The van der Waals surface area contributed by atoms with Gasteiger partial charge in [0.15, 0.2) is 0 Å². The minimum absolute atomic E-state index is 0.0211. The summed E-state index contributed by atoms with van der Waals surface area (Å²) in [6, 6.07) is 0. The number of carbonyl (C=O) groups excluding carboxylic acids is 1. The van der Waals surface area contributed by atoms with Crippen LogP contribution in [0.1, 0.15) is 20.3 Å². The van der Waals surface area contributed by atoms with Gasteiger partial charge in [0.2, 0.25) is 5.91 Å². The molecule has 5 nitrogen and oxygen atoms in total. The second kappa shape index (κ2) is 7.62. The lowest BCUT2D eigenvalue weighted by Gasteiger charge is -2.22. The molecule has 0 saturated heterocycles. The molecule has 0 saturated carbocycles. The number of rotatable bonds is 8. The Labute approximate surface area is 91.2 Å². The first-order chi connectivity index (χ1) is 7.04. The van der Waals surface area contributed by atoms with E-state index in [1.165, 1.54) is 0 Å². The van der Waals surface area contributed by atoms with E-state index >= 15 is 0 Å². The molecule has 0 atom stereocenters. The molecule has 0 bridgehead atoms. The van der Waals surface area contributed by atoms with Gasteiger partial charge in [0.05, 0.1) is 18.8 Å². The molecule has 0 spiro atoms. The highest BCUT2D eigenvalue weighted by atomic mass is 16.5. The van der Waals surface area contributed by atoms with E-state index in [2.05, 4.69) is 10.6 Å². The number of hydrogen-bond donors (Lipinski definition) is 3. The third kappa shape index (κ3) is 6.43. The number of hydrogen-bond acceptors (Lipinski definition) is 4. The summed E-state index contributed by atoms with van der Waals surface area (Å²) in [5, 5.41) is 14.2. The van der Waals surface area contributed by atoms with E-state index in [1.807, 2.05) is 13.8 Å². The molecule has 15 heavy (non-hydrogen) atoms. The molecule has 0 aromatic rings. The zero-order chi connectivity index (χ0) is 11.7. The van der Waals surface area contributed by atoms with Crippen molar-refractivity contribution in [1.82, 2.24) is 10.6 Å². The Morgan fingerprint density at radius 2 is 2.07 bits per heavy atom. The number of ether oxygens (including phenoxy) is 1. The number of aliphatic hydroxyl groups excluding tert-OH is 1. The summed E-state index contributed by atoms with van der Waals surface area (Å²) in [4.78, 5) is 11.5. The lowest BCUT2D eigenvalue weighted by atomic mass is 10.1. The molecule has 0 unspecified atom stereocenters. The van der Waals surface area contributed by atoms with Crippen LogP contribution in [0, 0.1) is 0 Å². The molecule has 5 heteroatoms. The first kappa shape index (κ1) is 14.3. The minimum Gasteiger partial charge on any atom is -0.394 e. The molecule has 0 radical (unpaired) electrons. The third-order valence-corrected chi connectivity index (χ3v) is 2.18. The molecule has 3 N–H and O–H groups in total. The highest BCUT2D eigenvalue weighted by Crippen LogP contribution is 1.99. The molecule has 0 aromatic carbocycles.